The first-order chi connectivity index (χ1) is 9.90. The number of fused-ring (bicyclic) bond motifs is 1. The number of imidazole rings is 2. The summed E-state index contributed by atoms with van der Waals surface area (Å²) in [6.45, 7) is 0. The number of nitrogens with zero attached hydrogens (tertiary/aromatic N) is 2. The molecule has 2 aromatic carbocycles. The fourth-order valence-electron chi connectivity index (χ4n) is 2.26. The summed E-state index contributed by atoms with van der Waals surface area (Å²) in [4.78, 5) is 15.6. The fourth-order valence-corrected chi connectivity index (χ4v) is 2.26. The quantitative estimate of drug-likeness (QED) is 0.578. The van der Waals surface area contributed by atoms with Gasteiger partial charge in [-0.2, -0.15) is 0 Å². The van der Waals surface area contributed by atoms with Crippen molar-refractivity contribution in [2.75, 3.05) is 0 Å². The number of nitrogens with one attached hydrogen (secondary N) is 2. The van der Waals surface area contributed by atoms with Gasteiger partial charge in [-0.05, 0) is 12.1 Å². The summed E-state index contributed by atoms with van der Waals surface area (Å²) in [5, 5.41) is 0. The highest BCUT2D eigenvalue weighted by molar-refractivity contribution is 5.78. The molecule has 4 heteroatoms. The lowest BCUT2D eigenvalue weighted by molar-refractivity contribution is 1.27. The van der Waals surface area contributed by atoms with Gasteiger partial charge in [0.25, 0.3) is 0 Å². The van der Waals surface area contributed by atoms with Crippen LogP contribution in [0.3, 0.4) is 0 Å². The Hall–Kier alpha value is -2.88. The van der Waals surface area contributed by atoms with Crippen LogP contribution in [0, 0.1) is 0 Å². The van der Waals surface area contributed by atoms with E-state index in [1.54, 1.807) is 6.20 Å². The van der Waals surface area contributed by atoms with Crippen LogP contribution in [0.2, 0.25) is 0 Å². The number of hydrogen-bond acceptors (Lipinski definition) is 2. The predicted octanol–water partition coefficient (Wildman–Crippen LogP) is 3.62. The van der Waals surface area contributed by atoms with Crippen LogP contribution < -0.4 is 0 Å². The lowest BCUT2D eigenvalue weighted by Crippen LogP contribution is -1.81. The molecule has 0 aliphatic rings. The fraction of sp³-hybridized carbons (Fsp3) is 0. The topological polar surface area (TPSA) is 57.4 Å². The standard InChI is InChI=1S/C16H12N4/c1-2-6-11(7-3-1)15-17-10-14(20-15)16-18-12-8-4-5-9-13(12)19-16/h1-10H,(H,17,20)(H,18,19). The van der Waals surface area contributed by atoms with Gasteiger partial charge in [0.1, 0.15) is 11.5 Å². The molecule has 0 saturated heterocycles. The maximum absolute atomic E-state index is 4.56. The Bertz CT molecular complexity index is 825. The molecule has 4 nitrogen and oxygen atoms in total. The smallest absolute Gasteiger partial charge is 0.156 e. The van der Waals surface area contributed by atoms with E-state index in [9.17, 15) is 0 Å². The number of benzene rings is 2. The Morgan fingerprint density at radius 3 is 2.40 bits per heavy atom. The Kier molecular flexibility index (Phi) is 2.39. The second-order valence-corrected chi connectivity index (χ2v) is 4.61. The van der Waals surface area contributed by atoms with Crippen LogP contribution in [0.15, 0.2) is 60.8 Å². The van der Waals surface area contributed by atoms with E-state index in [-0.39, 0.29) is 0 Å². The van der Waals surface area contributed by atoms with E-state index in [4.69, 9.17) is 0 Å². The van der Waals surface area contributed by atoms with E-state index in [1.807, 2.05) is 54.6 Å². The molecule has 96 valence electrons. The van der Waals surface area contributed by atoms with Crippen LogP contribution in [0.1, 0.15) is 0 Å². The van der Waals surface area contributed by atoms with Crippen molar-refractivity contribution in [3.63, 3.8) is 0 Å². The van der Waals surface area contributed by atoms with Gasteiger partial charge in [-0.1, -0.05) is 42.5 Å². The summed E-state index contributed by atoms with van der Waals surface area (Å²) < 4.78 is 0. The summed E-state index contributed by atoms with van der Waals surface area (Å²) in [6, 6.07) is 18.0. The van der Waals surface area contributed by atoms with Crippen molar-refractivity contribution < 1.29 is 0 Å². The number of rotatable bonds is 2. The van der Waals surface area contributed by atoms with Crippen molar-refractivity contribution in [2.24, 2.45) is 0 Å². The summed E-state index contributed by atoms with van der Waals surface area (Å²) in [5.74, 6) is 1.65. The van der Waals surface area contributed by atoms with Crippen molar-refractivity contribution in [3.8, 4) is 22.9 Å². The molecule has 0 atom stereocenters. The van der Waals surface area contributed by atoms with Gasteiger partial charge in [0.15, 0.2) is 5.82 Å². The maximum atomic E-state index is 4.56. The molecule has 4 aromatic rings. The van der Waals surface area contributed by atoms with Gasteiger partial charge in [0.2, 0.25) is 0 Å². The van der Waals surface area contributed by atoms with Crippen molar-refractivity contribution in [3.05, 3.63) is 60.8 Å². The third-order valence-corrected chi connectivity index (χ3v) is 3.27. The van der Waals surface area contributed by atoms with E-state index in [0.717, 1.165) is 33.9 Å². The minimum Gasteiger partial charge on any atom is -0.337 e. The van der Waals surface area contributed by atoms with Crippen LogP contribution in [0.4, 0.5) is 0 Å². The molecule has 0 spiro atoms. The molecule has 2 N–H and O–H groups in total. The highest BCUT2D eigenvalue weighted by Crippen LogP contribution is 2.22. The van der Waals surface area contributed by atoms with E-state index in [0.29, 0.717) is 0 Å². The SMILES string of the molecule is c1ccc(-c2ncc(-c3nc4ccccc4[nH]3)[nH]2)cc1. The van der Waals surface area contributed by atoms with E-state index >= 15 is 0 Å². The van der Waals surface area contributed by atoms with Crippen LogP contribution in [0.25, 0.3) is 33.9 Å². The van der Waals surface area contributed by atoms with Gasteiger partial charge in [0.05, 0.1) is 17.2 Å². The van der Waals surface area contributed by atoms with Crippen molar-refractivity contribution in [1.29, 1.82) is 0 Å². The number of aromatic amines is 2. The molecule has 0 unspecified atom stereocenters. The van der Waals surface area contributed by atoms with E-state index in [2.05, 4.69) is 19.9 Å². The molecule has 0 saturated carbocycles. The third-order valence-electron chi connectivity index (χ3n) is 3.27. The number of hydrogen-bond donors (Lipinski definition) is 2. The Labute approximate surface area is 115 Å². The molecular weight excluding hydrogens is 248 g/mol. The second kappa shape index (κ2) is 4.35. The van der Waals surface area contributed by atoms with Crippen LogP contribution in [-0.2, 0) is 0 Å². The van der Waals surface area contributed by atoms with Gasteiger partial charge in [-0.3, -0.25) is 0 Å². The van der Waals surface area contributed by atoms with E-state index < -0.39 is 0 Å². The maximum Gasteiger partial charge on any atom is 0.156 e. The Balaban J connectivity index is 1.78. The molecule has 0 fully saturated rings. The number of para-hydroxylation sites is 2. The normalized spacial score (nSPS) is 11.0. The van der Waals surface area contributed by atoms with Crippen LogP contribution >= 0.6 is 0 Å². The molecule has 4 rings (SSSR count). The molecule has 0 bridgehead atoms. The molecule has 0 aliphatic heterocycles. The number of aromatic nitrogens is 4. The first-order valence-corrected chi connectivity index (χ1v) is 6.46. The highest BCUT2D eigenvalue weighted by atomic mass is 15.0. The number of H-pyrrole nitrogens is 2. The van der Waals surface area contributed by atoms with Crippen molar-refractivity contribution >= 4 is 11.0 Å². The van der Waals surface area contributed by atoms with Gasteiger partial charge in [0, 0.05) is 5.56 Å². The monoisotopic (exact) mass is 260 g/mol. The summed E-state index contributed by atoms with van der Waals surface area (Å²) >= 11 is 0. The summed E-state index contributed by atoms with van der Waals surface area (Å²) in [6.07, 6.45) is 1.81. The zero-order chi connectivity index (χ0) is 13.4. The molecule has 2 aromatic heterocycles. The van der Waals surface area contributed by atoms with Gasteiger partial charge in [-0.25, -0.2) is 9.97 Å². The predicted molar refractivity (Wildman–Crippen MR) is 79.1 cm³/mol. The third kappa shape index (κ3) is 1.78. The zero-order valence-electron chi connectivity index (χ0n) is 10.7. The van der Waals surface area contributed by atoms with Gasteiger partial charge < -0.3 is 9.97 Å². The van der Waals surface area contributed by atoms with E-state index in [1.165, 1.54) is 0 Å². The van der Waals surface area contributed by atoms with Gasteiger partial charge >= 0.3 is 0 Å². The Morgan fingerprint density at radius 2 is 1.55 bits per heavy atom. The molecular formula is C16H12N4. The Morgan fingerprint density at radius 1 is 0.750 bits per heavy atom. The molecule has 0 radical (unpaired) electrons. The molecule has 0 aliphatic carbocycles. The average molecular weight is 260 g/mol. The largest absolute Gasteiger partial charge is 0.337 e. The first-order valence-electron chi connectivity index (χ1n) is 6.46. The summed E-state index contributed by atoms with van der Waals surface area (Å²) in [5.41, 5.74) is 3.94. The molecule has 2 heterocycles. The lowest BCUT2D eigenvalue weighted by atomic mass is 10.2. The minimum atomic E-state index is 0.806. The molecule has 20 heavy (non-hydrogen) atoms. The minimum absolute atomic E-state index is 0.806. The van der Waals surface area contributed by atoms with Gasteiger partial charge in [-0.15, -0.1) is 0 Å². The first kappa shape index (κ1) is 11.0. The highest BCUT2D eigenvalue weighted by Gasteiger charge is 2.08. The van der Waals surface area contributed by atoms with Crippen molar-refractivity contribution in [2.45, 2.75) is 0 Å². The lowest BCUT2D eigenvalue weighted by Gasteiger charge is -1.94. The zero-order valence-corrected chi connectivity index (χ0v) is 10.7. The summed E-state index contributed by atoms with van der Waals surface area (Å²) in [7, 11) is 0. The van der Waals surface area contributed by atoms with Crippen molar-refractivity contribution in [1.82, 2.24) is 19.9 Å². The second-order valence-electron chi connectivity index (χ2n) is 4.61. The average Bonchev–Trinajstić information content (AvgIpc) is 3.14. The van der Waals surface area contributed by atoms with Crippen LogP contribution in [0.5, 0.6) is 0 Å². The van der Waals surface area contributed by atoms with Crippen LogP contribution in [-0.4, -0.2) is 19.9 Å². The molecule has 0 amide bonds.